The van der Waals surface area contributed by atoms with Crippen LogP contribution in [0.1, 0.15) is 26.3 Å². The molecule has 0 aliphatic carbocycles. The minimum absolute atomic E-state index is 0.0748. The first kappa shape index (κ1) is 17.0. The number of carbonyl (C=O) groups is 2. The van der Waals surface area contributed by atoms with Gasteiger partial charge in [-0.05, 0) is 30.3 Å². The highest BCUT2D eigenvalue weighted by molar-refractivity contribution is 9.10. The van der Waals surface area contributed by atoms with E-state index in [2.05, 4.69) is 21.2 Å². The van der Waals surface area contributed by atoms with Crippen LogP contribution in [0.4, 0.5) is 10.1 Å². The molecule has 0 saturated heterocycles. The Kier molecular flexibility index (Phi) is 5.05. The van der Waals surface area contributed by atoms with Crippen LogP contribution in [0.25, 0.3) is 0 Å². The first-order valence-corrected chi connectivity index (χ1v) is 8.30. The SMILES string of the molecule is O=C(c1ccccc1)c1cccc(NC(=O)c2cc(Br)ccc2F)c1. The number of benzene rings is 3. The molecule has 3 aromatic carbocycles. The fourth-order valence-electron chi connectivity index (χ4n) is 2.36. The van der Waals surface area contributed by atoms with E-state index in [9.17, 15) is 14.0 Å². The molecule has 0 spiro atoms. The molecule has 0 aliphatic rings. The predicted octanol–water partition coefficient (Wildman–Crippen LogP) is 5.07. The van der Waals surface area contributed by atoms with E-state index in [-0.39, 0.29) is 11.3 Å². The number of hydrogen-bond donors (Lipinski definition) is 1. The number of hydrogen-bond acceptors (Lipinski definition) is 2. The summed E-state index contributed by atoms with van der Waals surface area (Å²) in [6, 6.07) is 19.6. The van der Waals surface area contributed by atoms with E-state index in [1.165, 1.54) is 18.2 Å². The van der Waals surface area contributed by atoms with E-state index in [4.69, 9.17) is 0 Å². The second-order valence-corrected chi connectivity index (χ2v) is 6.27. The van der Waals surface area contributed by atoms with E-state index in [0.717, 1.165) is 0 Å². The predicted molar refractivity (Wildman–Crippen MR) is 98.4 cm³/mol. The lowest BCUT2D eigenvalue weighted by atomic mass is 10.0. The lowest BCUT2D eigenvalue weighted by Crippen LogP contribution is -2.14. The Bertz CT molecular complexity index is 941. The average molecular weight is 398 g/mol. The molecule has 25 heavy (non-hydrogen) atoms. The van der Waals surface area contributed by atoms with E-state index in [1.54, 1.807) is 48.5 Å². The molecule has 1 amide bonds. The Morgan fingerprint density at radius 3 is 2.32 bits per heavy atom. The summed E-state index contributed by atoms with van der Waals surface area (Å²) in [6.07, 6.45) is 0. The fourth-order valence-corrected chi connectivity index (χ4v) is 2.73. The van der Waals surface area contributed by atoms with Gasteiger partial charge in [0.1, 0.15) is 5.82 Å². The molecule has 0 bridgehead atoms. The third kappa shape index (κ3) is 4.00. The van der Waals surface area contributed by atoms with Crippen molar-refractivity contribution < 1.29 is 14.0 Å². The minimum atomic E-state index is -0.614. The number of carbonyl (C=O) groups excluding carboxylic acids is 2. The topological polar surface area (TPSA) is 46.2 Å². The van der Waals surface area contributed by atoms with Gasteiger partial charge in [-0.2, -0.15) is 0 Å². The molecule has 0 aliphatic heterocycles. The Balaban J connectivity index is 1.83. The smallest absolute Gasteiger partial charge is 0.258 e. The van der Waals surface area contributed by atoms with Gasteiger partial charge in [-0.15, -0.1) is 0 Å². The zero-order valence-electron chi connectivity index (χ0n) is 13.0. The van der Waals surface area contributed by atoms with Crippen LogP contribution in [0.5, 0.6) is 0 Å². The normalized spacial score (nSPS) is 10.3. The monoisotopic (exact) mass is 397 g/mol. The van der Waals surface area contributed by atoms with Crippen LogP contribution in [-0.2, 0) is 0 Å². The van der Waals surface area contributed by atoms with E-state index < -0.39 is 11.7 Å². The van der Waals surface area contributed by atoms with Crippen molar-refractivity contribution in [1.29, 1.82) is 0 Å². The molecule has 124 valence electrons. The van der Waals surface area contributed by atoms with Gasteiger partial charge in [0.2, 0.25) is 0 Å². The van der Waals surface area contributed by atoms with Crippen LogP contribution in [0.2, 0.25) is 0 Å². The summed E-state index contributed by atoms with van der Waals surface area (Å²) < 4.78 is 14.4. The highest BCUT2D eigenvalue weighted by Gasteiger charge is 2.14. The Labute approximate surface area is 152 Å². The Morgan fingerprint density at radius 2 is 1.56 bits per heavy atom. The summed E-state index contributed by atoms with van der Waals surface area (Å²) in [6.45, 7) is 0. The van der Waals surface area contributed by atoms with Crippen molar-refractivity contribution in [2.75, 3.05) is 5.32 Å². The van der Waals surface area contributed by atoms with Gasteiger partial charge < -0.3 is 5.32 Å². The van der Waals surface area contributed by atoms with E-state index in [1.807, 2.05) is 6.07 Å². The van der Waals surface area contributed by atoms with Crippen LogP contribution in [0, 0.1) is 5.82 Å². The summed E-state index contributed by atoms with van der Waals surface area (Å²) in [4.78, 5) is 24.8. The summed E-state index contributed by atoms with van der Waals surface area (Å²) in [5, 5.41) is 2.62. The number of amides is 1. The van der Waals surface area contributed by atoms with Crippen molar-refractivity contribution in [2.45, 2.75) is 0 Å². The molecule has 1 N–H and O–H groups in total. The molecular formula is C20H13BrFNO2. The first-order chi connectivity index (χ1) is 12.0. The highest BCUT2D eigenvalue weighted by atomic mass is 79.9. The maximum Gasteiger partial charge on any atom is 0.258 e. The molecule has 3 nitrogen and oxygen atoms in total. The molecule has 0 atom stereocenters. The summed E-state index contributed by atoms with van der Waals surface area (Å²) in [5.74, 6) is -1.34. The van der Waals surface area contributed by atoms with E-state index >= 15 is 0 Å². The Morgan fingerprint density at radius 1 is 0.840 bits per heavy atom. The number of anilines is 1. The van der Waals surface area contributed by atoms with Crippen molar-refractivity contribution in [3.8, 4) is 0 Å². The first-order valence-electron chi connectivity index (χ1n) is 7.51. The van der Waals surface area contributed by atoms with Gasteiger partial charge in [0.05, 0.1) is 5.56 Å². The van der Waals surface area contributed by atoms with Crippen LogP contribution < -0.4 is 5.32 Å². The van der Waals surface area contributed by atoms with Crippen LogP contribution >= 0.6 is 15.9 Å². The van der Waals surface area contributed by atoms with Crippen molar-refractivity contribution in [3.05, 3.63) is 99.8 Å². The lowest BCUT2D eigenvalue weighted by Gasteiger charge is -2.08. The molecule has 0 saturated carbocycles. The molecule has 3 aromatic rings. The number of halogens is 2. The maximum atomic E-state index is 13.8. The van der Waals surface area contributed by atoms with Crippen LogP contribution in [0.15, 0.2) is 77.3 Å². The molecule has 0 radical (unpaired) electrons. The highest BCUT2D eigenvalue weighted by Crippen LogP contribution is 2.19. The molecule has 0 heterocycles. The zero-order valence-corrected chi connectivity index (χ0v) is 14.6. The van der Waals surface area contributed by atoms with Gasteiger partial charge in [0.25, 0.3) is 5.91 Å². The van der Waals surface area contributed by atoms with Crippen molar-refractivity contribution in [2.24, 2.45) is 0 Å². The van der Waals surface area contributed by atoms with E-state index in [0.29, 0.717) is 21.3 Å². The zero-order chi connectivity index (χ0) is 17.8. The van der Waals surface area contributed by atoms with Crippen molar-refractivity contribution >= 4 is 33.3 Å². The summed E-state index contributed by atoms with van der Waals surface area (Å²) in [7, 11) is 0. The maximum absolute atomic E-state index is 13.8. The minimum Gasteiger partial charge on any atom is -0.322 e. The molecule has 0 aromatic heterocycles. The van der Waals surface area contributed by atoms with Crippen LogP contribution in [-0.4, -0.2) is 11.7 Å². The third-order valence-electron chi connectivity index (χ3n) is 3.59. The van der Waals surface area contributed by atoms with Gasteiger partial charge in [0, 0.05) is 21.3 Å². The molecule has 0 fully saturated rings. The largest absolute Gasteiger partial charge is 0.322 e. The molecular weight excluding hydrogens is 385 g/mol. The van der Waals surface area contributed by atoms with Gasteiger partial charge >= 0.3 is 0 Å². The number of ketones is 1. The Hall–Kier alpha value is -2.79. The molecule has 0 unspecified atom stereocenters. The third-order valence-corrected chi connectivity index (χ3v) is 4.08. The van der Waals surface area contributed by atoms with Crippen molar-refractivity contribution in [3.63, 3.8) is 0 Å². The van der Waals surface area contributed by atoms with Gasteiger partial charge in [-0.3, -0.25) is 9.59 Å². The van der Waals surface area contributed by atoms with Crippen LogP contribution in [0.3, 0.4) is 0 Å². The molecule has 3 rings (SSSR count). The average Bonchev–Trinajstić information content (AvgIpc) is 2.64. The quantitative estimate of drug-likeness (QED) is 0.624. The standard InChI is InChI=1S/C20H13BrFNO2/c21-15-9-10-18(22)17(12-15)20(25)23-16-8-4-7-14(11-16)19(24)13-5-2-1-3-6-13/h1-12H,(H,23,25). The second-order valence-electron chi connectivity index (χ2n) is 5.35. The van der Waals surface area contributed by atoms with Gasteiger partial charge in [-0.1, -0.05) is 58.4 Å². The number of nitrogens with one attached hydrogen (secondary N) is 1. The van der Waals surface area contributed by atoms with Crippen molar-refractivity contribution in [1.82, 2.24) is 0 Å². The summed E-state index contributed by atoms with van der Waals surface area (Å²) in [5.41, 5.74) is 1.35. The fraction of sp³-hybridized carbons (Fsp3) is 0. The second kappa shape index (κ2) is 7.40. The lowest BCUT2D eigenvalue weighted by molar-refractivity contribution is 0.101. The van der Waals surface area contributed by atoms with Gasteiger partial charge in [0.15, 0.2) is 5.78 Å². The molecule has 5 heteroatoms. The van der Waals surface area contributed by atoms with Gasteiger partial charge in [-0.25, -0.2) is 4.39 Å². The number of rotatable bonds is 4. The summed E-state index contributed by atoms with van der Waals surface area (Å²) >= 11 is 3.22.